The first-order valence-corrected chi connectivity index (χ1v) is 5.14. The van der Waals surface area contributed by atoms with Gasteiger partial charge in [-0.1, -0.05) is 6.07 Å². The average Bonchev–Trinajstić information content (AvgIpc) is 2.61. The second-order valence-corrected chi connectivity index (χ2v) is 3.44. The van der Waals surface area contributed by atoms with Crippen LogP contribution in [-0.2, 0) is 17.9 Å². The Morgan fingerprint density at radius 1 is 1.50 bits per heavy atom. The molecule has 1 aromatic carbocycles. The second-order valence-electron chi connectivity index (χ2n) is 3.44. The summed E-state index contributed by atoms with van der Waals surface area (Å²) in [6, 6.07) is 5.63. The highest BCUT2D eigenvalue weighted by Crippen LogP contribution is 2.14. The molecule has 5 nitrogen and oxygen atoms in total. The number of nitrogens with zero attached hydrogens (tertiary/aromatic N) is 1. The van der Waals surface area contributed by atoms with Crippen molar-refractivity contribution >= 4 is 11.1 Å². The zero-order valence-electron chi connectivity index (χ0n) is 9.32. The van der Waals surface area contributed by atoms with Gasteiger partial charge >= 0.3 is 5.76 Å². The molecule has 0 fully saturated rings. The molecule has 0 aliphatic heterocycles. The van der Waals surface area contributed by atoms with E-state index in [0.29, 0.717) is 18.7 Å². The van der Waals surface area contributed by atoms with Crippen molar-refractivity contribution < 1.29 is 9.25 Å². The largest absolute Gasteiger partial charge is 0.419 e. The molecule has 0 radical (unpaired) electrons. The van der Waals surface area contributed by atoms with E-state index >= 15 is 0 Å². The summed E-state index contributed by atoms with van der Waals surface area (Å²) in [6.45, 7) is 3.11. The molecule has 0 aliphatic carbocycles. The summed E-state index contributed by atoms with van der Waals surface area (Å²) in [4.78, 5) is 16.2. The van der Waals surface area contributed by atoms with Crippen LogP contribution in [0.5, 0.6) is 0 Å². The van der Waals surface area contributed by atoms with E-state index in [1.54, 1.807) is 17.7 Å². The number of benzene rings is 1. The highest BCUT2D eigenvalue weighted by molar-refractivity contribution is 5.73. The van der Waals surface area contributed by atoms with Gasteiger partial charge < -0.3 is 9.25 Å². The number of aryl methyl sites for hydroxylation is 1. The molecule has 16 heavy (non-hydrogen) atoms. The van der Waals surface area contributed by atoms with Crippen LogP contribution in [0.2, 0.25) is 0 Å². The molecule has 0 atom stereocenters. The van der Waals surface area contributed by atoms with E-state index in [1.807, 2.05) is 19.1 Å². The minimum Gasteiger partial charge on any atom is -0.408 e. The van der Waals surface area contributed by atoms with E-state index in [-0.39, 0.29) is 5.76 Å². The van der Waals surface area contributed by atoms with Crippen LogP contribution in [0.4, 0.5) is 0 Å². The Kier molecular flexibility index (Phi) is 3.07. The van der Waals surface area contributed by atoms with E-state index in [0.717, 1.165) is 11.1 Å². The summed E-state index contributed by atoms with van der Waals surface area (Å²) >= 11 is 0. The normalized spacial score (nSPS) is 11.1. The third-order valence-electron chi connectivity index (χ3n) is 2.47. The molecule has 5 heteroatoms. The number of hydroxylamine groups is 1. The van der Waals surface area contributed by atoms with Crippen LogP contribution in [0.1, 0.15) is 12.5 Å². The van der Waals surface area contributed by atoms with Gasteiger partial charge in [0.05, 0.1) is 12.6 Å². The first-order valence-electron chi connectivity index (χ1n) is 5.14. The lowest BCUT2D eigenvalue weighted by molar-refractivity contribution is 0.0867. The maximum Gasteiger partial charge on any atom is 0.419 e. The molecule has 0 unspecified atom stereocenters. The van der Waals surface area contributed by atoms with Gasteiger partial charge in [-0.3, -0.25) is 4.57 Å². The van der Waals surface area contributed by atoms with E-state index in [4.69, 9.17) is 9.25 Å². The first-order chi connectivity index (χ1) is 7.76. The van der Waals surface area contributed by atoms with Crippen LogP contribution in [0.3, 0.4) is 0 Å². The van der Waals surface area contributed by atoms with Gasteiger partial charge in [0, 0.05) is 13.1 Å². The van der Waals surface area contributed by atoms with E-state index in [9.17, 15) is 4.79 Å². The fraction of sp³-hybridized carbons (Fsp3) is 0.364. The third-order valence-corrected chi connectivity index (χ3v) is 2.47. The number of hydrogen-bond donors (Lipinski definition) is 1. The molecule has 1 N–H and O–H groups in total. The van der Waals surface area contributed by atoms with Gasteiger partial charge in [-0.05, 0) is 24.6 Å². The Hall–Kier alpha value is -1.59. The number of aromatic nitrogens is 1. The predicted molar refractivity (Wildman–Crippen MR) is 60.0 cm³/mol. The van der Waals surface area contributed by atoms with Crippen LogP contribution in [-0.4, -0.2) is 11.7 Å². The molecule has 0 aliphatic rings. The van der Waals surface area contributed by atoms with Crippen LogP contribution < -0.4 is 11.2 Å². The molecule has 2 aromatic rings. The van der Waals surface area contributed by atoms with E-state index in [2.05, 4.69) is 5.48 Å². The Bertz CT molecular complexity index is 542. The lowest BCUT2D eigenvalue weighted by atomic mass is 10.2. The Morgan fingerprint density at radius 2 is 2.31 bits per heavy atom. The minimum absolute atomic E-state index is 0.311. The first kappa shape index (κ1) is 10.9. The molecule has 0 saturated heterocycles. The van der Waals surface area contributed by atoms with Crippen LogP contribution in [0, 0.1) is 0 Å². The average molecular weight is 222 g/mol. The predicted octanol–water partition coefficient (Wildman–Crippen LogP) is 1.27. The Labute approximate surface area is 92.6 Å². The van der Waals surface area contributed by atoms with Gasteiger partial charge in [0.1, 0.15) is 0 Å². The summed E-state index contributed by atoms with van der Waals surface area (Å²) in [5.74, 6) is -0.311. The fourth-order valence-corrected chi connectivity index (χ4v) is 1.67. The van der Waals surface area contributed by atoms with Crippen molar-refractivity contribution in [2.75, 3.05) is 7.11 Å². The fourth-order valence-electron chi connectivity index (χ4n) is 1.67. The molecule has 1 heterocycles. The summed E-state index contributed by atoms with van der Waals surface area (Å²) < 4.78 is 6.71. The molecular formula is C11H14N2O3. The molecular weight excluding hydrogens is 208 g/mol. The summed E-state index contributed by atoms with van der Waals surface area (Å²) in [5.41, 5.74) is 5.24. The van der Waals surface area contributed by atoms with Gasteiger partial charge in [0.2, 0.25) is 0 Å². The minimum atomic E-state index is -0.311. The maximum absolute atomic E-state index is 11.5. The number of fused-ring (bicyclic) bond motifs is 1. The topological polar surface area (TPSA) is 56.4 Å². The lowest BCUT2D eigenvalue weighted by Gasteiger charge is -2.02. The SMILES string of the molecule is CCn1c(=O)oc2ccc(CNOC)cc21. The molecule has 0 bridgehead atoms. The molecule has 2 rings (SSSR count). The van der Waals surface area contributed by atoms with Crippen LogP contribution in [0.25, 0.3) is 11.1 Å². The van der Waals surface area contributed by atoms with Crippen molar-refractivity contribution in [3.8, 4) is 0 Å². The summed E-state index contributed by atoms with van der Waals surface area (Å²) in [6.07, 6.45) is 0. The Balaban J connectivity index is 2.47. The van der Waals surface area contributed by atoms with E-state index < -0.39 is 0 Å². The molecule has 0 amide bonds. The second kappa shape index (κ2) is 4.51. The highest BCUT2D eigenvalue weighted by Gasteiger charge is 2.07. The standard InChI is InChI=1S/C11H14N2O3/c1-3-13-9-6-8(7-12-15-2)4-5-10(9)16-11(13)14/h4-6,12H,3,7H2,1-2H3. The van der Waals surface area contributed by atoms with Crippen LogP contribution in [0.15, 0.2) is 27.4 Å². The molecule has 0 spiro atoms. The van der Waals surface area contributed by atoms with Crippen molar-refractivity contribution in [3.05, 3.63) is 34.3 Å². The monoisotopic (exact) mass is 222 g/mol. The van der Waals surface area contributed by atoms with Crippen molar-refractivity contribution in [1.29, 1.82) is 0 Å². The van der Waals surface area contributed by atoms with E-state index in [1.165, 1.54) is 0 Å². The zero-order valence-corrected chi connectivity index (χ0v) is 9.32. The zero-order chi connectivity index (χ0) is 11.5. The molecule has 86 valence electrons. The number of rotatable bonds is 4. The number of oxazole rings is 1. The van der Waals surface area contributed by atoms with Gasteiger partial charge in [0.15, 0.2) is 5.58 Å². The van der Waals surface area contributed by atoms with Gasteiger partial charge in [0.25, 0.3) is 0 Å². The number of nitrogens with one attached hydrogen (secondary N) is 1. The summed E-state index contributed by atoms with van der Waals surface area (Å²) in [5, 5.41) is 0. The van der Waals surface area contributed by atoms with Crippen molar-refractivity contribution in [2.24, 2.45) is 0 Å². The summed E-state index contributed by atoms with van der Waals surface area (Å²) in [7, 11) is 1.57. The van der Waals surface area contributed by atoms with Crippen molar-refractivity contribution in [3.63, 3.8) is 0 Å². The third kappa shape index (κ3) is 1.87. The lowest BCUT2D eigenvalue weighted by Crippen LogP contribution is -2.13. The van der Waals surface area contributed by atoms with Gasteiger partial charge in [-0.15, -0.1) is 0 Å². The highest BCUT2D eigenvalue weighted by atomic mass is 16.6. The van der Waals surface area contributed by atoms with Gasteiger partial charge in [-0.2, -0.15) is 5.48 Å². The molecule has 0 saturated carbocycles. The quantitative estimate of drug-likeness (QED) is 0.791. The van der Waals surface area contributed by atoms with Crippen molar-refractivity contribution in [2.45, 2.75) is 20.0 Å². The number of hydrogen-bond acceptors (Lipinski definition) is 4. The Morgan fingerprint density at radius 3 is 3.00 bits per heavy atom. The molecule has 1 aromatic heterocycles. The maximum atomic E-state index is 11.5. The van der Waals surface area contributed by atoms with Gasteiger partial charge in [-0.25, -0.2) is 4.79 Å². The van der Waals surface area contributed by atoms with Crippen molar-refractivity contribution in [1.82, 2.24) is 10.0 Å². The smallest absolute Gasteiger partial charge is 0.408 e. The van der Waals surface area contributed by atoms with Crippen LogP contribution >= 0.6 is 0 Å².